The summed E-state index contributed by atoms with van der Waals surface area (Å²) in [6, 6.07) is 4.47. The molecule has 0 saturated heterocycles. The molecule has 0 spiro atoms. The van der Waals surface area contributed by atoms with Gasteiger partial charge in [-0.3, -0.25) is 0 Å². The topological polar surface area (TPSA) is 127 Å². The van der Waals surface area contributed by atoms with Crippen LogP contribution in [0.25, 0.3) is 10.4 Å². The third-order valence-electron chi connectivity index (χ3n) is 2.45. The van der Waals surface area contributed by atoms with Crippen molar-refractivity contribution in [3.63, 3.8) is 0 Å². The highest BCUT2D eigenvalue weighted by Crippen LogP contribution is 2.22. The molecule has 3 N–H and O–H groups in total. The molecule has 0 radical (unpaired) electrons. The van der Waals surface area contributed by atoms with Gasteiger partial charge in [-0.2, -0.15) is 0 Å². The Balaban J connectivity index is 3.08. The Kier molecular flexibility index (Phi) is 4.67. The van der Waals surface area contributed by atoms with Crippen LogP contribution in [0.1, 0.15) is 27.6 Å². The van der Waals surface area contributed by atoms with Gasteiger partial charge in [0.2, 0.25) is 0 Å². The molecule has 1 rings (SSSR count). The van der Waals surface area contributed by atoms with Gasteiger partial charge in [0.1, 0.15) is 6.10 Å². The summed E-state index contributed by atoms with van der Waals surface area (Å²) in [7, 11) is 0. The van der Waals surface area contributed by atoms with Crippen LogP contribution in [-0.2, 0) is 0 Å². The lowest BCUT2D eigenvalue weighted by Crippen LogP contribution is -2.23. The molecule has 7 nitrogen and oxygen atoms in total. The molecule has 0 aliphatic carbocycles. The van der Waals surface area contributed by atoms with E-state index in [1.165, 1.54) is 12.1 Å². The lowest BCUT2D eigenvalue weighted by Gasteiger charge is -2.18. The van der Waals surface area contributed by atoms with E-state index in [2.05, 4.69) is 10.0 Å². The van der Waals surface area contributed by atoms with E-state index in [1.807, 2.05) is 0 Å². The second-order valence-electron chi connectivity index (χ2n) is 3.82. The molecule has 0 bridgehead atoms. The van der Waals surface area contributed by atoms with Crippen molar-refractivity contribution in [2.24, 2.45) is 5.11 Å². The predicted molar refractivity (Wildman–Crippen MR) is 63.1 cm³/mol. The van der Waals surface area contributed by atoms with Crippen LogP contribution in [0.15, 0.2) is 23.3 Å². The highest BCUT2D eigenvalue weighted by molar-refractivity contribution is 5.89. The first kappa shape index (κ1) is 14.0. The number of carboxylic acids is 1. The minimum absolute atomic E-state index is 0.0810. The normalized spacial score (nSPS) is 13.5. The van der Waals surface area contributed by atoms with E-state index in [1.54, 1.807) is 13.0 Å². The molecule has 18 heavy (non-hydrogen) atoms. The van der Waals surface area contributed by atoms with E-state index >= 15 is 0 Å². The average molecular weight is 251 g/mol. The van der Waals surface area contributed by atoms with Crippen LogP contribution in [0.5, 0.6) is 0 Å². The monoisotopic (exact) mass is 251 g/mol. The second-order valence-corrected chi connectivity index (χ2v) is 3.82. The fourth-order valence-electron chi connectivity index (χ4n) is 1.54. The van der Waals surface area contributed by atoms with E-state index in [0.29, 0.717) is 0 Å². The quantitative estimate of drug-likeness (QED) is 0.415. The summed E-state index contributed by atoms with van der Waals surface area (Å²) < 4.78 is 0. The second kappa shape index (κ2) is 6.02. The largest absolute Gasteiger partial charge is 0.478 e. The summed E-state index contributed by atoms with van der Waals surface area (Å²) in [6.07, 6.45) is -2.76. The van der Waals surface area contributed by atoms with Crippen LogP contribution >= 0.6 is 0 Å². The highest BCUT2D eigenvalue weighted by atomic mass is 16.4. The number of carbonyl (C=O) groups is 1. The van der Waals surface area contributed by atoms with Gasteiger partial charge in [0.25, 0.3) is 0 Å². The zero-order chi connectivity index (χ0) is 13.7. The van der Waals surface area contributed by atoms with Gasteiger partial charge in [-0.25, -0.2) is 4.79 Å². The summed E-state index contributed by atoms with van der Waals surface area (Å²) in [5.41, 5.74) is 8.86. The number of hydrogen-bond acceptors (Lipinski definition) is 4. The molecule has 0 saturated carbocycles. The number of azide groups is 1. The molecule has 0 aromatic heterocycles. The highest BCUT2D eigenvalue weighted by Gasteiger charge is 2.23. The van der Waals surface area contributed by atoms with Crippen LogP contribution in [-0.4, -0.2) is 33.9 Å². The maximum absolute atomic E-state index is 11.0. The minimum Gasteiger partial charge on any atom is -0.478 e. The van der Waals surface area contributed by atoms with E-state index in [0.717, 1.165) is 5.56 Å². The molecule has 2 atom stereocenters. The van der Waals surface area contributed by atoms with Gasteiger partial charge < -0.3 is 15.3 Å². The molecule has 7 heteroatoms. The van der Waals surface area contributed by atoms with Gasteiger partial charge in [0.05, 0.1) is 18.2 Å². The smallest absolute Gasteiger partial charge is 0.336 e. The molecular weight excluding hydrogens is 238 g/mol. The molecule has 0 fully saturated rings. The lowest BCUT2D eigenvalue weighted by molar-refractivity contribution is 0.0232. The van der Waals surface area contributed by atoms with Crippen molar-refractivity contribution in [2.45, 2.75) is 19.1 Å². The fourth-order valence-corrected chi connectivity index (χ4v) is 1.54. The average Bonchev–Trinajstić information content (AvgIpc) is 2.34. The number of rotatable bonds is 5. The van der Waals surface area contributed by atoms with E-state index in [-0.39, 0.29) is 17.7 Å². The lowest BCUT2D eigenvalue weighted by atomic mass is 9.97. The van der Waals surface area contributed by atoms with Crippen molar-refractivity contribution in [1.29, 1.82) is 0 Å². The molecule has 0 amide bonds. The third kappa shape index (κ3) is 3.21. The Hall–Kier alpha value is -2.08. The summed E-state index contributed by atoms with van der Waals surface area (Å²) in [4.78, 5) is 13.5. The van der Waals surface area contributed by atoms with Crippen molar-refractivity contribution in [2.75, 3.05) is 6.54 Å². The van der Waals surface area contributed by atoms with E-state index in [4.69, 9.17) is 10.6 Å². The number of nitrogens with zero attached hydrogens (tertiary/aromatic N) is 3. The fraction of sp³-hybridized carbons (Fsp3) is 0.364. The van der Waals surface area contributed by atoms with Crippen molar-refractivity contribution >= 4 is 5.97 Å². The third-order valence-corrected chi connectivity index (χ3v) is 2.45. The van der Waals surface area contributed by atoms with Crippen LogP contribution in [0.3, 0.4) is 0 Å². The van der Waals surface area contributed by atoms with Gasteiger partial charge in [-0.1, -0.05) is 22.8 Å². The van der Waals surface area contributed by atoms with Gasteiger partial charge in [-0.15, -0.1) is 0 Å². The molecule has 0 aliphatic rings. The van der Waals surface area contributed by atoms with Crippen molar-refractivity contribution < 1.29 is 20.1 Å². The number of benzene rings is 1. The Morgan fingerprint density at radius 3 is 2.72 bits per heavy atom. The number of aromatic carboxylic acids is 1. The van der Waals surface area contributed by atoms with Crippen molar-refractivity contribution in [1.82, 2.24) is 0 Å². The van der Waals surface area contributed by atoms with Crippen LogP contribution in [0.2, 0.25) is 0 Å². The van der Waals surface area contributed by atoms with Gasteiger partial charge >= 0.3 is 5.97 Å². The molecular formula is C11H13N3O4. The summed E-state index contributed by atoms with van der Waals surface area (Å²) in [5.74, 6) is -1.19. The first-order chi connectivity index (χ1) is 8.47. The van der Waals surface area contributed by atoms with Crippen molar-refractivity contribution in [3.05, 3.63) is 45.3 Å². The first-order valence-corrected chi connectivity index (χ1v) is 5.18. The Morgan fingerprint density at radius 2 is 2.17 bits per heavy atom. The molecule has 2 unspecified atom stereocenters. The molecule has 1 aromatic rings. The molecule has 0 aliphatic heterocycles. The number of aliphatic hydroxyl groups excluding tert-OH is 2. The Morgan fingerprint density at radius 1 is 1.50 bits per heavy atom. The summed E-state index contributed by atoms with van der Waals surface area (Å²) in [5, 5.41) is 31.6. The standard InChI is InChI=1S/C11H13N3O4/c1-6-2-3-7(8(4-6)11(17)18)10(16)9(15)5-13-14-12/h2-4,9-10,15-16H,5H2,1H3,(H,17,18). The van der Waals surface area contributed by atoms with Crippen molar-refractivity contribution in [3.8, 4) is 0 Å². The number of carboxylic acid groups (broad SMARTS) is 1. The Labute approximate surface area is 103 Å². The van der Waals surface area contributed by atoms with E-state index in [9.17, 15) is 15.0 Å². The first-order valence-electron chi connectivity index (χ1n) is 5.18. The zero-order valence-electron chi connectivity index (χ0n) is 9.69. The molecule has 96 valence electrons. The van der Waals surface area contributed by atoms with Gasteiger partial charge in [-0.05, 0) is 24.1 Å². The molecule has 0 heterocycles. The maximum Gasteiger partial charge on any atom is 0.336 e. The summed E-state index contributed by atoms with van der Waals surface area (Å²) in [6.45, 7) is 1.39. The summed E-state index contributed by atoms with van der Waals surface area (Å²) >= 11 is 0. The number of aliphatic hydroxyl groups is 2. The van der Waals surface area contributed by atoms with Gasteiger partial charge in [0, 0.05) is 4.91 Å². The molecule has 1 aromatic carbocycles. The minimum atomic E-state index is -1.41. The van der Waals surface area contributed by atoms with Crippen LogP contribution < -0.4 is 0 Å². The Bertz CT molecular complexity index is 497. The van der Waals surface area contributed by atoms with E-state index < -0.39 is 18.2 Å². The van der Waals surface area contributed by atoms with Crippen LogP contribution in [0, 0.1) is 6.92 Å². The number of hydrogen-bond donors (Lipinski definition) is 3. The zero-order valence-corrected chi connectivity index (χ0v) is 9.69. The number of aryl methyl sites for hydroxylation is 1. The van der Waals surface area contributed by atoms with Crippen LogP contribution in [0.4, 0.5) is 0 Å². The predicted octanol–water partition coefficient (Wildman–Crippen LogP) is 1.40. The maximum atomic E-state index is 11.0. The van der Waals surface area contributed by atoms with Gasteiger partial charge in [0.15, 0.2) is 0 Å². The SMILES string of the molecule is Cc1ccc(C(O)C(O)CN=[N+]=[N-])c(C(=O)O)c1.